The zero-order chi connectivity index (χ0) is 17.6. The van der Waals surface area contributed by atoms with E-state index in [0.29, 0.717) is 23.8 Å². The van der Waals surface area contributed by atoms with Gasteiger partial charge in [0.15, 0.2) is 5.76 Å². The minimum absolute atomic E-state index is 0.0800. The first kappa shape index (κ1) is 17.5. The Hall–Kier alpha value is -2.34. The fourth-order valence-electron chi connectivity index (χ4n) is 2.99. The lowest BCUT2D eigenvalue weighted by molar-refractivity contribution is 0.0655. The van der Waals surface area contributed by atoms with Crippen molar-refractivity contribution in [2.45, 2.75) is 32.4 Å². The first-order valence-electron chi connectivity index (χ1n) is 8.66. The Bertz CT molecular complexity index is 693. The van der Waals surface area contributed by atoms with Gasteiger partial charge in [-0.15, -0.1) is 0 Å². The molecule has 0 bridgehead atoms. The minimum atomic E-state index is -0.310. The van der Waals surface area contributed by atoms with Gasteiger partial charge in [-0.3, -0.25) is 4.79 Å². The summed E-state index contributed by atoms with van der Waals surface area (Å²) in [7, 11) is 0. The number of nitrogens with one attached hydrogen (secondary N) is 1. The van der Waals surface area contributed by atoms with E-state index in [1.807, 2.05) is 4.90 Å². The van der Waals surface area contributed by atoms with E-state index in [-0.39, 0.29) is 24.4 Å². The molecule has 1 aliphatic heterocycles. The summed E-state index contributed by atoms with van der Waals surface area (Å²) in [5, 5.41) is 3.29. The number of halogens is 1. The van der Waals surface area contributed by atoms with Crippen LogP contribution in [0.15, 0.2) is 40.8 Å². The van der Waals surface area contributed by atoms with Gasteiger partial charge >= 0.3 is 0 Å². The van der Waals surface area contributed by atoms with Gasteiger partial charge in [0.05, 0.1) is 0 Å². The first-order chi connectivity index (χ1) is 12.2. The highest BCUT2D eigenvalue weighted by Crippen LogP contribution is 2.18. The van der Waals surface area contributed by atoms with Gasteiger partial charge in [0.1, 0.15) is 23.9 Å². The molecule has 25 heavy (non-hydrogen) atoms. The van der Waals surface area contributed by atoms with Crippen LogP contribution in [0.3, 0.4) is 0 Å². The van der Waals surface area contributed by atoms with Crippen LogP contribution in [0.2, 0.25) is 0 Å². The molecule has 134 valence electrons. The Morgan fingerprint density at radius 3 is 2.80 bits per heavy atom. The summed E-state index contributed by atoms with van der Waals surface area (Å²) in [5.41, 5.74) is 0. The Kier molecular flexibility index (Phi) is 5.71. The van der Waals surface area contributed by atoms with E-state index >= 15 is 0 Å². The van der Waals surface area contributed by atoms with Crippen LogP contribution in [0.1, 0.15) is 36.1 Å². The van der Waals surface area contributed by atoms with Crippen LogP contribution < -0.4 is 10.1 Å². The van der Waals surface area contributed by atoms with Gasteiger partial charge in [0.25, 0.3) is 5.91 Å². The van der Waals surface area contributed by atoms with Crippen LogP contribution in [0.4, 0.5) is 4.39 Å². The lowest BCUT2D eigenvalue weighted by atomic mass is 10.2. The van der Waals surface area contributed by atoms with E-state index < -0.39 is 0 Å². The van der Waals surface area contributed by atoms with Gasteiger partial charge in [-0.1, -0.05) is 6.92 Å². The third-order valence-corrected chi connectivity index (χ3v) is 4.27. The molecule has 1 atom stereocenters. The summed E-state index contributed by atoms with van der Waals surface area (Å²) in [5.74, 6) is 1.06. The first-order valence-corrected chi connectivity index (χ1v) is 8.66. The van der Waals surface area contributed by atoms with Crippen molar-refractivity contribution in [3.63, 3.8) is 0 Å². The van der Waals surface area contributed by atoms with Crippen molar-refractivity contribution in [1.29, 1.82) is 0 Å². The summed E-state index contributed by atoms with van der Waals surface area (Å²) in [6.07, 6.45) is 1.87. The number of ether oxygens (including phenoxy) is 1. The number of rotatable bonds is 7. The van der Waals surface area contributed by atoms with Crippen molar-refractivity contribution < 1.29 is 18.3 Å². The molecule has 5 nitrogen and oxygen atoms in total. The average Bonchev–Trinajstić information content (AvgIpc) is 3.30. The Morgan fingerprint density at radius 1 is 1.32 bits per heavy atom. The van der Waals surface area contributed by atoms with Crippen LogP contribution in [-0.2, 0) is 6.61 Å². The molecule has 1 saturated heterocycles. The molecule has 2 heterocycles. The molecule has 2 aromatic rings. The van der Waals surface area contributed by atoms with Gasteiger partial charge in [-0.25, -0.2) is 4.39 Å². The van der Waals surface area contributed by atoms with Crippen LogP contribution >= 0.6 is 0 Å². The van der Waals surface area contributed by atoms with Crippen molar-refractivity contribution in [2.75, 3.05) is 19.6 Å². The summed E-state index contributed by atoms with van der Waals surface area (Å²) in [6.45, 7) is 4.73. The number of benzene rings is 1. The SMILES string of the molecule is CCCN(C(=O)c1ccc(COc2ccc(F)cc2)o1)C1CCNC1. The third kappa shape index (κ3) is 4.39. The van der Waals surface area contributed by atoms with Crippen molar-refractivity contribution in [2.24, 2.45) is 0 Å². The van der Waals surface area contributed by atoms with Gasteiger partial charge < -0.3 is 19.4 Å². The minimum Gasteiger partial charge on any atom is -0.486 e. The topological polar surface area (TPSA) is 54.7 Å². The highest BCUT2D eigenvalue weighted by Gasteiger charge is 2.28. The van der Waals surface area contributed by atoms with Gasteiger partial charge in [0.2, 0.25) is 0 Å². The molecule has 1 aromatic carbocycles. The molecule has 1 N–H and O–H groups in total. The normalized spacial score (nSPS) is 16.8. The number of carbonyl (C=O) groups is 1. The molecule has 1 aromatic heterocycles. The Balaban J connectivity index is 1.62. The molecular weight excluding hydrogens is 323 g/mol. The van der Waals surface area contributed by atoms with E-state index in [9.17, 15) is 9.18 Å². The maximum absolute atomic E-state index is 12.9. The molecule has 1 aliphatic rings. The van der Waals surface area contributed by atoms with Gasteiger partial charge in [-0.2, -0.15) is 0 Å². The predicted octanol–water partition coefficient (Wildman–Crippen LogP) is 3.21. The molecule has 0 saturated carbocycles. The quantitative estimate of drug-likeness (QED) is 0.836. The lowest BCUT2D eigenvalue weighted by Gasteiger charge is -2.27. The molecule has 1 amide bonds. The second kappa shape index (κ2) is 8.16. The highest BCUT2D eigenvalue weighted by atomic mass is 19.1. The van der Waals surface area contributed by atoms with Gasteiger partial charge in [0, 0.05) is 19.1 Å². The molecular formula is C19H23FN2O3. The second-order valence-corrected chi connectivity index (χ2v) is 6.15. The molecule has 3 rings (SSSR count). The van der Waals surface area contributed by atoms with Crippen LogP contribution in [0.25, 0.3) is 0 Å². The molecule has 1 unspecified atom stereocenters. The Labute approximate surface area is 146 Å². The van der Waals surface area contributed by atoms with Crippen molar-refractivity contribution in [1.82, 2.24) is 10.2 Å². The third-order valence-electron chi connectivity index (χ3n) is 4.27. The average molecular weight is 346 g/mol. The maximum atomic E-state index is 12.9. The monoisotopic (exact) mass is 346 g/mol. The summed E-state index contributed by atoms with van der Waals surface area (Å²) in [4.78, 5) is 14.7. The van der Waals surface area contributed by atoms with Crippen molar-refractivity contribution >= 4 is 5.91 Å². The molecule has 0 radical (unpaired) electrons. The fraction of sp³-hybridized carbons (Fsp3) is 0.421. The van der Waals surface area contributed by atoms with E-state index in [1.165, 1.54) is 12.1 Å². The zero-order valence-electron chi connectivity index (χ0n) is 14.3. The number of carbonyl (C=O) groups excluding carboxylic acids is 1. The standard InChI is InChI=1S/C19H23FN2O3/c1-2-11-22(15-9-10-21-12-15)19(23)18-8-7-17(25-18)13-24-16-5-3-14(20)4-6-16/h3-8,15,21H,2,9-13H2,1H3. The maximum Gasteiger partial charge on any atom is 0.289 e. The number of furan rings is 1. The summed E-state index contributed by atoms with van der Waals surface area (Å²) < 4.78 is 24.1. The van der Waals surface area contributed by atoms with Crippen LogP contribution in [0, 0.1) is 5.82 Å². The highest BCUT2D eigenvalue weighted by molar-refractivity contribution is 5.91. The van der Waals surface area contributed by atoms with Crippen LogP contribution in [-0.4, -0.2) is 36.5 Å². The number of hydrogen-bond acceptors (Lipinski definition) is 4. The van der Waals surface area contributed by atoms with Gasteiger partial charge in [-0.05, 0) is 55.8 Å². The van der Waals surface area contributed by atoms with Crippen molar-refractivity contribution in [3.05, 3.63) is 53.7 Å². The van der Waals surface area contributed by atoms with E-state index in [2.05, 4.69) is 12.2 Å². The molecule has 0 spiro atoms. The molecule has 1 fully saturated rings. The second-order valence-electron chi connectivity index (χ2n) is 6.15. The number of amides is 1. The van der Waals surface area contributed by atoms with E-state index in [1.54, 1.807) is 24.3 Å². The van der Waals surface area contributed by atoms with E-state index in [0.717, 1.165) is 25.9 Å². The lowest BCUT2D eigenvalue weighted by Crippen LogP contribution is -2.41. The fourth-order valence-corrected chi connectivity index (χ4v) is 2.99. The molecule has 0 aliphatic carbocycles. The smallest absolute Gasteiger partial charge is 0.289 e. The van der Waals surface area contributed by atoms with Crippen molar-refractivity contribution in [3.8, 4) is 5.75 Å². The van der Waals surface area contributed by atoms with Crippen LogP contribution in [0.5, 0.6) is 5.75 Å². The largest absolute Gasteiger partial charge is 0.486 e. The van der Waals surface area contributed by atoms with E-state index in [4.69, 9.17) is 9.15 Å². The predicted molar refractivity (Wildman–Crippen MR) is 92.0 cm³/mol. The Morgan fingerprint density at radius 2 is 2.12 bits per heavy atom. The number of nitrogens with zero attached hydrogens (tertiary/aromatic N) is 1. The summed E-state index contributed by atoms with van der Waals surface area (Å²) in [6, 6.07) is 9.44. The zero-order valence-corrected chi connectivity index (χ0v) is 14.3. The molecule has 6 heteroatoms. The number of hydrogen-bond donors (Lipinski definition) is 1. The summed E-state index contributed by atoms with van der Waals surface area (Å²) >= 11 is 0.